The molecule has 0 aliphatic heterocycles. The van der Waals surface area contributed by atoms with Crippen LogP contribution >= 0.6 is 0 Å². The zero-order valence-corrected chi connectivity index (χ0v) is 8.15. The van der Waals surface area contributed by atoms with Crippen molar-refractivity contribution in [2.75, 3.05) is 0 Å². The Bertz CT molecular complexity index is 334. The summed E-state index contributed by atoms with van der Waals surface area (Å²) in [6.45, 7) is -0.0898. The molecule has 1 rings (SSSR count). The van der Waals surface area contributed by atoms with Gasteiger partial charge in [-0.25, -0.2) is 13.2 Å². The fourth-order valence-corrected chi connectivity index (χ4v) is 1.33. The third-order valence-electron chi connectivity index (χ3n) is 2.17. The predicted molar refractivity (Wildman–Crippen MR) is 45.9 cm³/mol. The lowest BCUT2D eigenvalue weighted by molar-refractivity contribution is -0.304. The molecular formula is C10H8F6. The van der Waals surface area contributed by atoms with Crippen LogP contribution in [-0.4, -0.2) is 12.1 Å². The van der Waals surface area contributed by atoms with E-state index in [4.69, 9.17) is 0 Å². The van der Waals surface area contributed by atoms with Gasteiger partial charge in [-0.2, -0.15) is 13.2 Å². The molecule has 0 spiro atoms. The van der Waals surface area contributed by atoms with Gasteiger partial charge in [-0.15, -0.1) is 0 Å². The Morgan fingerprint density at radius 1 is 0.812 bits per heavy atom. The highest BCUT2D eigenvalue weighted by Gasteiger charge is 2.69. The Balaban J connectivity index is 3.39. The molecular weight excluding hydrogens is 234 g/mol. The Labute approximate surface area is 87.9 Å². The van der Waals surface area contributed by atoms with Crippen molar-refractivity contribution in [1.82, 2.24) is 0 Å². The van der Waals surface area contributed by atoms with Crippen LogP contribution in [0, 0.1) is 0 Å². The van der Waals surface area contributed by atoms with Gasteiger partial charge in [0.15, 0.2) is 0 Å². The minimum absolute atomic E-state index is 0.0898. The van der Waals surface area contributed by atoms with Crippen molar-refractivity contribution < 1.29 is 26.3 Å². The van der Waals surface area contributed by atoms with E-state index < -0.39 is 23.3 Å². The zero-order chi connectivity index (χ0) is 12.6. The zero-order valence-electron chi connectivity index (χ0n) is 8.15. The molecule has 0 aliphatic rings. The Kier molecular flexibility index (Phi) is 2.96. The number of halogens is 6. The van der Waals surface area contributed by atoms with E-state index in [2.05, 4.69) is 0 Å². The van der Waals surface area contributed by atoms with E-state index in [1.54, 1.807) is 0 Å². The summed E-state index contributed by atoms with van der Waals surface area (Å²) in [5.41, 5.74) is -5.77. The molecule has 0 amide bonds. The number of rotatable bonds is 2. The summed E-state index contributed by atoms with van der Waals surface area (Å²) in [7, 11) is 0. The lowest BCUT2D eigenvalue weighted by Crippen LogP contribution is -2.51. The molecule has 1 unspecified atom stereocenters. The maximum Gasteiger partial charge on any atom is 0.432 e. The Hall–Kier alpha value is -1.20. The average Bonchev–Trinajstić information content (AvgIpc) is 2.14. The smallest absolute Gasteiger partial charge is 0.222 e. The summed E-state index contributed by atoms with van der Waals surface area (Å²) >= 11 is 0. The summed E-state index contributed by atoms with van der Waals surface area (Å²) in [6.07, 6.45) is -5.67. The summed E-state index contributed by atoms with van der Waals surface area (Å²) in [5, 5.41) is 0. The molecule has 0 saturated heterocycles. The summed E-state index contributed by atoms with van der Waals surface area (Å²) < 4.78 is 76.7. The van der Waals surface area contributed by atoms with E-state index in [-0.39, 0.29) is 6.92 Å². The van der Waals surface area contributed by atoms with Crippen LogP contribution in [0.4, 0.5) is 26.3 Å². The van der Waals surface area contributed by atoms with Crippen LogP contribution in [0.5, 0.6) is 0 Å². The van der Waals surface area contributed by atoms with Crippen LogP contribution in [0.25, 0.3) is 0 Å². The normalized spacial score (nSPS) is 16.9. The van der Waals surface area contributed by atoms with Crippen molar-refractivity contribution in [3.63, 3.8) is 0 Å². The third kappa shape index (κ3) is 1.88. The van der Waals surface area contributed by atoms with Crippen LogP contribution in [-0.2, 0) is 5.67 Å². The van der Waals surface area contributed by atoms with Gasteiger partial charge in [0.05, 0.1) is 0 Å². The van der Waals surface area contributed by atoms with Gasteiger partial charge in [0.1, 0.15) is 0 Å². The standard InChI is InChI=1S/C10H8F6/c1-8(11,12)9(13,10(14,15)16)7-5-3-2-4-6-7/h2-6H,1H3. The van der Waals surface area contributed by atoms with E-state index in [9.17, 15) is 26.3 Å². The average molecular weight is 242 g/mol. The van der Waals surface area contributed by atoms with Crippen LogP contribution in [0.3, 0.4) is 0 Å². The molecule has 1 atom stereocenters. The van der Waals surface area contributed by atoms with Crippen LogP contribution in [0.2, 0.25) is 0 Å². The van der Waals surface area contributed by atoms with E-state index in [1.165, 1.54) is 6.07 Å². The van der Waals surface area contributed by atoms with Crippen molar-refractivity contribution in [2.24, 2.45) is 0 Å². The van der Waals surface area contributed by atoms with Crippen molar-refractivity contribution >= 4 is 0 Å². The Morgan fingerprint density at radius 3 is 1.56 bits per heavy atom. The van der Waals surface area contributed by atoms with Gasteiger partial charge >= 0.3 is 6.18 Å². The first-order chi connectivity index (χ1) is 7.11. The molecule has 0 radical (unpaired) electrons. The van der Waals surface area contributed by atoms with Crippen molar-refractivity contribution in [1.29, 1.82) is 0 Å². The molecule has 90 valence electrons. The monoisotopic (exact) mass is 242 g/mol. The number of alkyl halides is 6. The third-order valence-corrected chi connectivity index (χ3v) is 2.17. The number of hydrogen-bond acceptors (Lipinski definition) is 0. The van der Waals surface area contributed by atoms with Gasteiger partial charge in [0.2, 0.25) is 0 Å². The van der Waals surface area contributed by atoms with Gasteiger partial charge in [-0.05, 0) is 0 Å². The van der Waals surface area contributed by atoms with Gasteiger partial charge in [0.25, 0.3) is 11.6 Å². The lowest BCUT2D eigenvalue weighted by atomic mass is 9.89. The van der Waals surface area contributed by atoms with Crippen molar-refractivity contribution in [3.8, 4) is 0 Å². The quantitative estimate of drug-likeness (QED) is 0.686. The highest BCUT2D eigenvalue weighted by atomic mass is 19.4. The van der Waals surface area contributed by atoms with Gasteiger partial charge in [-0.3, -0.25) is 0 Å². The number of hydrogen-bond donors (Lipinski definition) is 0. The highest BCUT2D eigenvalue weighted by Crippen LogP contribution is 2.52. The molecule has 6 heteroatoms. The second-order valence-corrected chi connectivity index (χ2v) is 3.41. The molecule has 1 aromatic rings. The van der Waals surface area contributed by atoms with E-state index in [0.29, 0.717) is 12.1 Å². The van der Waals surface area contributed by atoms with Crippen LogP contribution in [0.1, 0.15) is 12.5 Å². The molecule has 0 heterocycles. The lowest BCUT2D eigenvalue weighted by Gasteiger charge is -2.33. The molecule has 0 saturated carbocycles. The van der Waals surface area contributed by atoms with Gasteiger partial charge in [-0.1, -0.05) is 30.3 Å². The minimum atomic E-state index is -5.67. The molecule has 0 bridgehead atoms. The van der Waals surface area contributed by atoms with Gasteiger partial charge in [0, 0.05) is 12.5 Å². The van der Waals surface area contributed by atoms with Crippen LogP contribution in [0.15, 0.2) is 30.3 Å². The fraction of sp³-hybridized carbons (Fsp3) is 0.400. The fourth-order valence-electron chi connectivity index (χ4n) is 1.33. The molecule has 1 aromatic carbocycles. The molecule has 0 nitrogen and oxygen atoms in total. The van der Waals surface area contributed by atoms with Crippen molar-refractivity contribution in [3.05, 3.63) is 35.9 Å². The molecule has 0 aliphatic carbocycles. The molecule has 0 aromatic heterocycles. The van der Waals surface area contributed by atoms with Crippen molar-refractivity contribution in [2.45, 2.75) is 24.7 Å². The first-order valence-electron chi connectivity index (χ1n) is 4.29. The Morgan fingerprint density at radius 2 is 1.25 bits per heavy atom. The van der Waals surface area contributed by atoms with Gasteiger partial charge < -0.3 is 0 Å². The number of benzene rings is 1. The summed E-state index contributed by atoms with van der Waals surface area (Å²) in [4.78, 5) is 0. The highest BCUT2D eigenvalue weighted by molar-refractivity contribution is 5.27. The topological polar surface area (TPSA) is 0 Å². The molecule has 0 fully saturated rings. The minimum Gasteiger partial charge on any atom is -0.222 e. The van der Waals surface area contributed by atoms with E-state index >= 15 is 0 Å². The first-order valence-corrected chi connectivity index (χ1v) is 4.29. The SMILES string of the molecule is CC(F)(F)C(F)(c1ccccc1)C(F)(F)F. The maximum atomic E-state index is 13.7. The summed E-state index contributed by atoms with van der Waals surface area (Å²) in [5.74, 6) is -4.55. The predicted octanol–water partition coefficient (Wildman–Crippen LogP) is 4.07. The largest absolute Gasteiger partial charge is 0.432 e. The second kappa shape index (κ2) is 3.68. The molecule has 16 heavy (non-hydrogen) atoms. The maximum absolute atomic E-state index is 13.7. The second-order valence-electron chi connectivity index (χ2n) is 3.41. The van der Waals surface area contributed by atoms with E-state index in [1.807, 2.05) is 0 Å². The summed E-state index contributed by atoms with van der Waals surface area (Å²) in [6, 6.07) is 4.83. The van der Waals surface area contributed by atoms with Crippen LogP contribution < -0.4 is 0 Å². The first kappa shape index (κ1) is 12.9. The molecule has 0 N–H and O–H groups in total. The van der Waals surface area contributed by atoms with E-state index in [0.717, 1.165) is 12.1 Å².